The SMILES string of the molecule is CC(C)c1ccccc1[C@@H]1CCCN1C1CC2(CCN(c3cc(Oc4cnc5[nH]ccc5c4)c(C(=O)NS(=O)(=O)c4ccc(NC[C@H]5C[C@@](C)(N)C5)c(N)c4)cn3)CC2)C1. The van der Waals surface area contributed by atoms with Crippen molar-refractivity contribution < 1.29 is 17.9 Å². The van der Waals surface area contributed by atoms with E-state index in [1.807, 2.05) is 19.1 Å². The van der Waals surface area contributed by atoms with Crippen LogP contribution in [0.1, 0.15) is 106 Å². The summed E-state index contributed by atoms with van der Waals surface area (Å²) in [5, 5.41) is 4.14. The Bertz CT molecular complexity index is 2500. The maximum absolute atomic E-state index is 13.9. The van der Waals surface area contributed by atoms with Crippen LogP contribution in [0.25, 0.3) is 11.0 Å². The third-order valence-electron chi connectivity index (χ3n) is 13.6. The molecule has 316 valence electrons. The molecule has 60 heavy (non-hydrogen) atoms. The minimum Gasteiger partial charge on any atom is -0.455 e. The number of nitrogens with zero attached hydrogens (tertiary/aromatic N) is 4. The number of pyridine rings is 2. The number of sulfonamides is 1. The number of nitrogens with two attached hydrogens (primary N) is 2. The zero-order valence-corrected chi connectivity index (χ0v) is 35.6. The van der Waals surface area contributed by atoms with Crippen LogP contribution in [0.5, 0.6) is 11.5 Å². The molecule has 7 N–H and O–H groups in total. The lowest BCUT2D eigenvalue weighted by Gasteiger charge is -2.56. The molecule has 5 aromatic rings. The van der Waals surface area contributed by atoms with E-state index in [1.54, 1.807) is 24.5 Å². The second-order valence-electron chi connectivity index (χ2n) is 18.4. The van der Waals surface area contributed by atoms with Crippen molar-refractivity contribution in [3.05, 3.63) is 95.9 Å². The maximum Gasteiger partial charge on any atom is 0.270 e. The van der Waals surface area contributed by atoms with Crippen molar-refractivity contribution in [2.24, 2.45) is 17.1 Å². The van der Waals surface area contributed by atoms with E-state index < -0.39 is 15.9 Å². The number of aromatic amines is 1. The van der Waals surface area contributed by atoms with E-state index in [-0.39, 0.29) is 27.4 Å². The first kappa shape index (κ1) is 40.2. The number of anilines is 3. The highest BCUT2D eigenvalue weighted by atomic mass is 32.2. The van der Waals surface area contributed by atoms with Gasteiger partial charge >= 0.3 is 0 Å². The van der Waals surface area contributed by atoms with Gasteiger partial charge in [0.15, 0.2) is 0 Å². The molecular weight excluding hydrogens is 775 g/mol. The third kappa shape index (κ3) is 8.04. The van der Waals surface area contributed by atoms with Crippen LogP contribution >= 0.6 is 0 Å². The number of carbonyl (C=O) groups is 1. The number of H-pyrrole nitrogens is 1. The molecule has 2 saturated heterocycles. The quantitative estimate of drug-likeness (QED) is 0.0777. The van der Waals surface area contributed by atoms with Gasteiger partial charge in [0.25, 0.3) is 15.9 Å². The number of carbonyl (C=O) groups excluding carboxylic acids is 1. The summed E-state index contributed by atoms with van der Waals surface area (Å²) < 4.78 is 35.8. The predicted molar refractivity (Wildman–Crippen MR) is 236 cm³/mol. The second-order valence-corrected chi connectivity index (χ2v) is 20.1. The Hall–Kier alpha value is -5.18. The third-order valence-corrected chi connectivity index (χ3v) is 14.9. The largest absolute Gasteiger partial charge is 0.455 e. The minimum atomic E-state index is -4.31. The number of amides is 1. The molecule has 0 radical (unpaired) electrons. The lowest BCUT2D eigenvalue weighted by Crippen LogP contribution is -2.55. The van der Waals surface area contributed by atoms with Crippen LogP contribution in [0.3, 0.4) is 0 Å². The zero-order valence-electron chi connectivity index (χ0n) is 34.8. The van der Waals surface area contributed by atoms with Crippen LogP contribution in [0.2, 0.25) is 0 Å². The van der Waals surface area contributed by atoms with E-state index in [4.69, 9.17) is 21.2 Å². The standard InChI is InChI=1S/C46H57N9O4S/c1-29(2)35-7-4-5-8-36(35)40-9-6-16-55(40)32-24-46(25-32)13-17-54(18-14-46)42-21-41(59-33-19-31-12-15-49-43(31)52-27-33)37(28-51-42)44(56)53-60(57,58)34-10-11-39(38(47)20-34)50-26-30-22-45(3,48)23-30/h4-5,7-8,10-12,15,19-21,27-30,32,40,50H,6,9,13-14,16-18,22-26,47-48H2,1-3H3,(H,49,52)(H,53,56)/t30-,40-,45+/m0/s1. The van der Waals surface area contributed by atoms with Crippen LogP contribution in [0.4, 0.5) is 17.2 Å². The first-order valence-electron chi connectivity index (χ1n) is 21.4. The topological polar surface area (TPSA) is 185 Å². The number of piperidine rings is 1. The lowest BCUT2D eigenvalue weighted by atomic mass is 9.60. The summed E-state index contributed by atoms with van der Waals surface area (Å²) in [6, 6.07) is 20.0. The summed E-state index contributed by atoms with van der Waals surface area (Å²) in [5.41, 5.74) is 17.2. The van der Waals surface area contributed by atoms with Gasteiger partial charge in [0.2, 0.25) is 0 Å². The summed E-state index contributed by atoms with van der Waals surface area (Å²) in [7, 11) is -4.31. The minimum absolute atomic E-state index is 0.0235. The molecule has 1 spiro atoms. The number of hydrogen-bond donors (Lipinski definition) is 5. The highest BCUT2D eigenvalue weighted by Crippen LogP contribution is 2.54. The first-order chi connectivity index (χ1) is 28.7. The Kier molecular flexibility index (Phi) is 10.5. The number of benzene rings is 2. The fourth-order valence-corrected chi connectivity index (χ4v) is 11.4. The molecule has 9 rings (SSSR count). The zero-order chi connectivity index (χ0) is 41.8. The van der Waals surface area contributed by atoms with E-state index in [0.29, 0.717) is 58.8 Å². The van der Waals surface area contributed by atoms with Crippen LogP contribution in [-0.2, 0) is 10.0 Å². The normalized spacial score (nSPS) is 23.1. The van der Waals surface area contributed by atoms with Crippen LogP contribution in [-0.4, -0.2) is 71.9 Å². The Labute approximate surface area is 352 Å². The Balaban J connectivity index is 0.887. The van der Waals surface area contributed by atoms with Gasteiger partial charge in [-0.1, -0.05) is 38.1 Å². The van der Waals surface area contributed by atoms with Gasteiger partial charge in [0.1, 0.15) is 28.5 Å². The summed E-state index contributed by atoms with van der Waals surface area (Å²) in [6.45, 7) is 10.1. The summed E-state index contributed by atoms with van der Waals surface area (Å²) in [5.74, 6) is 1.31. The molecule has 1 atom stereocenters. The number of nitrogens with one attached hydrogen (secondary N) is 3. The fraction of sp³-hybridized carbons (Fsp3) is 0.457. The highest BCUT2D eigenvalue weighted by molar-refractivity contribution is 7.90. The number of ether oxygens (including phenoxy) is 1. The monoisotopic (exact) mass is 831 g/mol. The molecular formula is C46H57N9O4S. The van der Waals surface area contributed by atoms with Crippen molar-refractivity contribution in [3.8, 4) is 11.5 Å². The molecule has 0 bridgehead atoms. The Morgan fingerprint density at radius 1 is 1.00 bits per heavy atom. The van der Waals surface area contributed by atoms with E-state index in [1.165, 1.54) is 55.1 Å². The van der Waals surface area contributed by atoms with Crippen LogP contribution in [0, 0.1) is 11.3 Å². The molecule has 4 fully saturated rings. The van der Waals surface area contributed by atoms with Crippen molar-refractivity contribution in [2.45, 2.75) is 101 Å². The summed E-state index contributed by atoms with van der Waals surface area (Å²) in [4.78, 5) is 31.0. The van der Waals surface area contributed by atoms with E-state index in [2.05, 4.69) is 67.9 Å². The molecule has 2 aliphatic heterocycles. The number of rotatable bonds is 12. The van der Waals surface area contributed by atoms with Gasteiger partial charge in [-0.2, -0.15) is 0 Å². The van der Waals surface area contributed by atoms with Gasteiger partial charge in [0, 0.05) is 61.1 Å². The highest BCUT2D eigenvalue weighted by Gasteiger charge is 2.50. The number of nitrogen functional groups attached to an aromatic ring is 1. The molecule has 3 aromatic heterocycles. The van der Waals surface area contributed by atoms with Gasteiger partial charge < -0.3 is 31.4 Å². The van der Waals surface area contributed by atoms with Gasteiger partial charge in [-0.25, -0.2) is 23.1 Å². The molecule has 13 nitrogen and oxygen atoms in total. The van der Waals surface area contributed by atoms with E-state index in [9.17, 15) is 13.2 Å². The maximum atomic E-state index is 13.9. The number of hydrogen-bond acceptors (Lipinski definition) is 11. The molecule has 4 aliphatic rings. The van der Waals surface area contributed by atoms with Crippen molar-refractivity contribution in [3.63, 3.8) is 0 Å². The number of likely N-dealkylation sites (tertiary alicyclic amines) is 1. The van der Waals surface area contributed by atoms with Gasteiger partial charge in [-0.05, 0) is 124 Å². The average Bonchev–Trinajstić information content (AvgIpc) is 3.88. The number of aromatic nitrogens is 3. The van der Waals surface area contributed by atoms with Crippen LogP contribution in [0.15, 0.2) is 84.1 Å². The van der Waals surface area contributed by atoms with Gasteiger partial charge in [-0.3, -0.25) is 9.69 Å². The molecule has 2 aromatic carbocycles. The fourth-order valence-electron chi connectivity index (χ4n) is 10.4. The summed E-state index contributed by atoms with van der Waals surface area (Å²) >= 11 is 0. The molecule has 2 aliphatic carbocycles. The second kappa shape index (κ2) is 15.7. The van der Waals surface area contributed by atoms with Gasteiger partial charge in [-0.15, -0.1) is 0 Å². The molecule has 5 heterocycles. The van der Waals surface area contributed by atoms with Crippen molar-refractivity contribution in [1.82, 2.24) is 24.6 Å². The van der Waals surface area contributed by atoms with Crippen LogP contribution < -0.4 is 31.1 Å². The van der Waals surface area contributed by atoms with E-state index in [0.717, 1.165) is 50.7 Å². The van der Waals surface area contributed by atoms with Gasteiger partial charge in [0.05, 0.1) is 22.5 Å². The molecule has 0 unspecified atom stereocenters. The number of fused-ring (bicyclic) bond motifs is 1. The molecule has 2 saturated carbocycles. The Morgan fingerprint density at radius 2 is 1.78 bits per heavy atom. The van der Waals surface area contributed by atoms with Crippen molar-refractivity contribution in [1.29, 1.82) is 0 Å². The molecule has 14 heteroatoms. The van der Waals surface area contributed by atoms with Crippen molar-refractivity contribution in [2.75, 3.05) is 42.1 Å². The average molecular weight is 832 g/mol. The smallest absolute Gasteiger partial charge is 0.270 e. The van der Waals surface area contributed by atoms with Crippen molar-refractivity contribution >= 4 is 44.2 Å². The molecule has 1 amide bonds. The Morgan fingerprint density at radius 3 is 2.53 bits per heavy atom. The lowest BCUT2D eigenvalue weighted by molar-refractivity contribution is -0.0228. The summed E-state index contributed by atoms with van der Waals surface area (Å²) in [6.07, 6.45) is 13.6. The van der Waals surface area contributed by atoms with E-state index >= 15 is 0 Å². The first-order valence-corrected chi connectivity index (χ1v) is 22.9. The predicted octanol–water partition coefficient (Wildman–Crippen LogP) is 7.70.